The summed E-state index contributed by atoms with van der Waals surface area (Å²) in [6.45, 7) is 2.08. The molecule has 0 saturated carbocycles. The molecule has 3 aromatic rings. The first-order valence-corrected chi connectivity index (χ1v) is 8.96. The molecule has 0 aromatic heterocycles. The molecule has 0 unspecified atom stereocenters. The quantitative estimate of drug-likeness (QED) is 0.508. The van der Waals surface area contributed by atoms with Crippen LogP contribution in [-0.4, -0.2) is 0 Å². The van der Waals surface area contributed by atoms with Crippen molar-refractivity contribution in [3.8, 4) is 0 Å². The Labute approximate surface area is 135 Å². The third-order valence-corrected chi connectivity index (χ3v) is 5.08. The highest BCUT2D eigenvalue weighted by Gasteiger charge is 1.94. The molecule has 0 nitrogen and oxygen atoms in total. The molecule has 0 bridgehead atoms. The third kappa shape index (κ3) is 6.56. The Balaban J connectivity index is 0.000000194. The first-order valence-electron chi connectivity index (χ1n) is 6.81. The van der Waals surface area contributed by atoms with E-state index in [1.54, 1.807) is 21.6 Å². The van der Waals surface area contributed by atoms with Crippen LogP contribution in [0.2, 0.25) is 0 Å². The molecule has 0 N–H and O–H groups in total. The van der Waals surface area contributed by atoms with Gasteiger partial charge in [-0.1, -0.05) is 93.9 Å². The number of benzene rings is 3. The van der Waals surface area contributed by atoms with Gasteiger partial charge < -0.3 is 0 Å². The molecule has 0 amide bonds. The van der Waals surface area contributed by atoms with Crippen LogP contribution in [0.25, 0.3) is 0 Å². The highest BCUT2D eigenvalue weighted by atomic mass is 33.1. The van der Waals surface area contributed by atoms with Gasteiger partial charge in [0.2, 0.25) is 0 Å². The van der Waals surface area contributed by atoms with Crippen molar-refractivity contribution >= 4 is 21.6 Å². The molecule has 0 spiro atoms. The number of aryl methyl sites for hydroxylation is 1. The summed E-state index contributed by atoms with van der Waals surface area (Å²) in [4.78, 5) is 2.59. The van der Waals surface area contributed by atoms with Crippen molar-refractivity contribution in [2.45, 2.75) is 16.7 Å². The van der Waals surface area contributed by atoms with Gasteiger partial charge in [0.05, 0.1) is 0 Å². The Morgan fingerprint density at radius 2 is 0.810 bits per heavy atom. The molecule has 0 saturated heterocycles. The Morgan fingerprint density at radius 3 is 1.10 bits per heavy atom. The minimum atomic E-state index is 1.29. The minimum absolute atomic E-state index is 1.29. The number of hydrogen-bond donors (Lipinski definition) is 0. The van der Waals surface area contributed by atoms with Crippen LogP contribution < -0.4 is 0 Å². The average molecular weight is 310 g/mol. The van der Waals surface area contributed by atoms with Crippen molar-refractivity contribution < 1.29 is 0 Å². The summed E-state index contributed by atoms with van der Waals surface area (Å²) in [5.41, 5.74) is 1.32. The molecule has 0 aliphatic heterocycles. The summed E-state index contributed by atoms with van der Waals surface area (Å²) in [5.74, 6) is 0. The Kier molecular flexibility index (Phi) is 6.99. The van der Waals surface area contributed by atoms with Crippen LogP contribution in [0.4, 0.5) is 0 Å². The van der Waals surface area contributed by atoms with Crippen molar-refractivity contribution in [1.82, 2.24) is 0 Å². The Morgan fingerprint density at radius 1 is 0.476 bits per heavy atom. The van der Waals surface area contributed by atoms with Crippen LogP contribution >= 0.6 is 21.6 Å². The zero-order valence-corrected chi connectivity index (χ0v) is 13.6. The van der Waals surface area contributed by atoms with E-state index in [4.69, 9.17) is 0 Å². The van der Waals surface area contributed by atoms with E-state index in [2.05, 4.69) is 67.6 Å². The maximum absolute atomic E-state index is 2.13. The van der Waals surface area contributed by atoms with Crippen molar-refractivity contribution in [3.63, 3.8) is 0 Å². The first kappa shape index (κ1) is 15.7. The number of hydrogen-bond acceptors (Lipinski definition) is 2. The van der Waals surface area contributed by atoms with Gasteiger partial charge in [0.1, 0.15) is 0 Å². The average Bonchev–Trinajstić information content (AvgIpc) is 2.56. The van der Waals surface area contributed by atoms with Crippen LogP contribution in [0.15, 0.2) is 101 Å². The van der Waals surface area contributed by atoms with Gasteiger partial charge >= 0.3 is 0 Å². The van der Waals surface area contributed by atoms with Crippen molar-refractivity contribution in [3.05, 3.63) is 96.6 Å². The second kappa shape index (κ2) is 9.32. The van der Waals surface area contributed by atoms with Crippen LogP contribution in [-0.2, 0) is 0 Å². The summed E-state index contributed by atoms with van der Waals surface area (Å²) in [6, 6.07) is 31.1. The normalized spacial score (nSPS) is 9.57. The Bertz CT molecular complexity index is 567. The van der Waals surface area contributed by atoms with Gasteiger partial charge in [-0.2, -0.15) is 0 Å². The van der Waals surface area contributed by atoms with Gasteiger partial charge in [-0.05, 0) is 31.2 Å². The highest BCUT2D eigenvalue weighted by molar-refractivity contribution is 8.76. The zero-order chi connectivity index (χ0) is 14.8. The van der Waals surface area contributed by atoms with Gasteiger partial charge in [-0.3, -0.25) is 0 Å². The predicted octanol–water partition coefficient (Wildman–Crippen LogP) is 6.48. The lowest BCUT2D eigenvalue weighted by Gasteiger charge is -1.99. The fourth-order valence-electron chi connectivity index (χ4n) is 1.58. The molecule has 0 fully saturated rings. The van der Waals surface area contributed by atoms with E-state index in [1.165, 1.54) is 15.4 Å². The second-order valence-electron chi connectivity index (χ2n) is 4.45. The van der Waals surface area contributed by atoms with Crippen LogP contribution in [0, 0.1) is 6.92 Å². The fraction of sp³-hybridized carbons (Fsp3) is 0.0526. The predicted molar refractivity (Wildman–Crippen MR) is 95.8 cm³/mol. The summed E-state index contributed by atoms with van der Waals surface area (Å²) in [6.07, 6.45) is 0. The smallest absolute Gasteiger partial charge is 0.0186 e. The van der Waals surface area contributed by atoms with Gasteiger partial charge in [-0.25, -0.2) is 0 Å². The van der Waals surface area contributed by atoms with E-state index in [9.17, 15) is 0 Å². The third-order valence-electron chi connectivity index (χ3n) is 2.66. The lowest BCUT2D eigenvalue weighted by atomic mass is 10.2. The molecule has 106 valence electrons. The van der Waals surface area contributed by atoms with E-state index in [0.717, 1.165) is 0 Å². The maximum Gasteiger partial charge on any atom is 0.0186 e. The van der Waals surface area contributed by atoms with E-state index < -0.39 is 0 Å². The maximum atomic E-state index is 2.13. The zero-order valence-electron chi connectivity index (χ0n) is 12.0. The summed E-state index contributed by atoms with van der Waals surface area (Å²) in [7, 11) is 3.58. The largest absolute Gasteiger partial charge is 0.0622 e. The molecule has 3 rings (SSSR count). The van der Waals surface area contributed by atoms with Gasteiger partial charge in [0.15, 0.2) is 0 Å². The molecular formula is C19H18S2. The molecule has 0 heterocycles. The topological polar surface area (TPSA) is 0 Å². The molecule has 0 atom stereocenters. The molecule has 0 aliphatic carbocycles. The molecule has 0 radical (unpaired) electrons. The van der Waals surface area contributed by atoms with Crippen molar-refractivity contribution in [1.29, 1.82) is 0 Å². The summed E-state index contributed by atoms with van der Waals surface area (Å²) >= 11 is 0. The van der Waals surface area contributed by atoms with Crippen LogP contribution in [0.5, 0.6) is 0 Å². The van der Waals surface area contributed by atoms with Gasteiger partial charge in [0.25, 0.3) is 0 Å². The lowest BCUT2D eigenvalue weighted by Crippen LogP contribution is -1.67. The number of rotatable bonds is 3. The molecule has 3 aromatic carbocycles. The molecule has 21 heavy (non-hydrogen) atoms. The van der Waals surface area contributed by atoms with E-state index >= 15 is 0 Å². The standard InChI is InChI=1S/C12H10S2.C7H8/c1-3-7-11(8-4-1)13-14-12-9-5-2-6-10-12;1-7-5-3-2-4-6-7/h1-10H;2-6H,1H3. The van der Waals surface area contributed by atoms with Crippen molar-refractivity contribution in [2.24, 2.45) is 0 Å². The second-order valence-corrected chi connectivity index (χ2v) is 6.72. The van der Waals surface area contributed by atoms with E-state index in [0.29, 0.717) is 0 Å². The monoisotopic (exact) mass is 310 g/mol. The summed E-state index contributed by atoms with van der Waals surface area (Å²) in [5, 5.41) is 0. The van der Waals surface area contributed by atoms with Crippen LogP contribution in [0.3, 0.4) is 0 Å². The highest BCUT2D eigenvalue weighted by Crippen LogP contribution is 2.36. The SMILES string of the molecule is Cc1ccccc1.c1ccc(SSc2ccccc2)cc1. The fourth-order valence-corrected chi connectivity index (χ4v) is 3.56. The Hall–Kier alpha value is -1.64. The van der Waals surface area contributed by atoms with E-state index in [1.807, 2.05) is 30.3 Å². The van der Waals surface area contributed by atoms with Gasteiger partial charge in [0, 0.05) is 9.79 Å². The van der Waals surface area contributed by atoms with Crippen LogP contribution in [0.1, 0.15) is 5.56 Å². The van der Waals surface area contributed by atoms with E-state index in [-0.39, 0.29) is 0 Å². The minimum Gasteiger partial charge on any atom is -0.0622 e. The first-order chi connectivity index (χ1) is 10.3. The molecule has 0 aliphatic rings. The van der Waals surface area contributed by atoms with Gasteiger partial charge in [-0.15, -0.1) is 0 Å². The summed E-state index contributed by atoms with van der Waals surface area (Å²) < 4.78 is 0. The lowest BCUT2D eigenvalue weighted by molar-refractivity contribution is 1.47. The van der Waals surface area contributed by atoms with Crippen molar-refractivity contribution in [2.75, 3.05) is 0 Å². The molecular weight excluding hydrogens is 292 g/mol. The molecule has 2 heteroatoms.